The van der Waals surface area contributed by atoms with E-state index in [1.165, 1.54) is 6.92 Å². The van der Waals surface area contributed by atoms with Crippen LogP contribution in [-0.4, -0.2) is 17.8 Å². The predicted octanol–water partition coefficient (Wildman–Crippen LogP) is 4.26. The average Bonchev–Trinajstić information content (AvgIpc) is 2.51. The Morgan fingerprint density at radius 2 is 1.78 bits per heavy atom. The van der Waals surface area contributed by atoms with Gasteiger partial charge in [0.1, 0.15) is 5.75 Å². The molecule has 4 nitrogen and oxygen atoms in total. The number of anilines is 1. The van der Waals surface area contributed by atoms with E-state index in [1.807, 2.05) is 6.92 Å². The monoisotopic (exact) mass is 331 g/mol. The van der Waals surface area contributed by atoms with Gasteiger partial charge in [-0.25, -0.2) is 0 Å². The Labute approximate surface area is 140 Å². The molecule has 1 N–H and O–H groups in total. The lowest BCUT2D eigenvalue weighted by Crippen LogP contribution is -2.30. The number of carbonyl (C=O) groups is 2. The van der Waals surface area contributed by atoms with Gasteiger partial charge in [0.05, 0.1) is 0 Å². The molecule has 0 heterocycles. The van der Waals surface area contributed by atoms with Crippen molar-refractivity contribution in [2.75, 3.05) is 5.32 Å². The molecule has 2 rings (SSSR count). The Balaban J connectivity index is 1.99. The van der Waals surface area contributed by atoms with Crippen LogP contribution in [-0.2, 0) is 4.79 Å². The van der Waals surface area contributed by atoms with Crippen LogP contribution in [0.25, 0.3) is 0 Å². The van der Waals surface area contributed by atoms with Crippen molar-refractivity contribution in [1.82, 2.24) is 0 Å². The number of carbonyl (C=O) groups excluding carboxylic acids is 2. The number of benzene rings is 2. The molecule has 120 valence electrons. The molecule has 0 aromatic heterocycles. The van der Waals surface area contributed by atoms with E-state index in [1.54, 1.807) is 49.4 Å². The highest BCUT2D eigenvalue weighted by atomic mass is 35.5. The second kappa shape index (κ2) is 7.29. The highest BCUT2D eigenvalue weighted by Gasteiger charge is 2.15. The van der Waals surface area contributed by atoms with E-state index in [9.17, 15) is 9.59 Å². The fraction of sp³-hybridized carbons (Fsp3) is 0.222. The molecule has 0 unspecified atom stereocenters. The van der Waals surface area contributed by atoms with Crippen LogP contribution in [0.3, 0.4) is 0 Å². The maximum atomic E-state index is 12.2. The van der Waals surface area contributed by atoms with Crippen molar-refractivity contribution in [1.29, 1.82) is 0 Å². The molecule has 0 radical (unpaired) electrons. The molecule has 0 saturated heterocycles. The molecule has 0 aliphatic heterocycles. The quantitative estimate of drug-likeness (QED) is 0.833. The summed E-state index contributed by atoms with van der Waals surface area (Å²) in [6.07, 6.45) is -0.664. The van der Waals surface area contributed by atoms with E-state index in [0.29, 0.717) is 22.0 Å². The molecule has 2 aromatic carbocycles. The van der Waals surface area contributed by atoms with Gasteiger partial charge in [-0.15, -0.1) is 0 Å². The molecule has 0 aliphatic rings. The van der Waals surface area contributed by atoms with Crippen LogP contribution in [0.5, 0.6) is 5.75 Å². The first-order chi connectivity index (χ1) is 10.9. The highest BCUT2D eigenvalue weighted by molar-refractivity contribution is 6.31. The number of rotatable bonds is 5. The molecule has 23 heavy (non-hydrogen) atoms. The van der Waals surface area contributed by atoms with Crippen LogP contribution < -0.4 is 10.1 Å². The van der Waals surface area contributed by atoms with Crippen molar-refractivity contribution >= 4 is 29.0 Å². The lowest BCUT2D eigenvalue weighted by Gasteiger charge is -2.15. The molecule has 1 amide bonds. The number of ketones is 1. The minimum atomic E-state index is -0.664. The van der Waals surface area contributed by atoms with Crippen LogP contribution in [0.4, 0.5) is 5.69 Å². The molecule has 1 atom stereocenters. The van der Waals surface area contributed by atoms with Crippen LogP contribution in [0.15, 0.2) is 42.5 Å². The fourth-order valence-electron chi connectivity index (χ4n) is 1.98. The second-order valence-electron chi connectivity index (χ2n) is 5.29. The summed E-state index contributed by atoms with van der Waals surface area (Å²) in [5.74, 6) is 0.298. The smallest absolute Gasteiger partial charge is 0.265 e. The SMILES string of the molecule is CC(=O)c1ccc(NC(=O)[C@H](C)Oc2ccc(Cl)c(C)c2)cc1. The first kappa shape index (κ1) is 17.0. The summed E-state index contributed by atoms with van der Waals surface area (Å²) in [6, 6.07) is 12.0. The van der Waals surface area contributed by atoms with Gasteiger partial charge >= 0.3 is 0 Å². The number of halogens is 1. The lowest BCUT2D eigenvalue weighted by molar-refractivity contribution is -0.122. The van der Waals surface area contributed by atoms with E-state index in [-0.39, 0.29) is 11.7 Å². The zero-order valence-electron chi connectivity index (χ0n) is 13.2. The van der Waals surface area contributed by atoms with Gasteiger partial charge in [0, 0.05) is 16.3 Å². The molecule has 0 spiro atoms. The summed E-state index contributed by atoms with van der Waals surface area (Å²) in [6.45, 7) is 5.04. The fourth-order valence-corrected chi connectivity index (χ4v) is 2.10. The Bertz CT molecular complexity index is 726. The van der Waals surface area contributed by atoms with Crippen LogP contribution in [0, 0.1) is 6.92 Å². The van der Waals surface area contributed by atoms with Gasteiger partial charge in [-0.1, -0.05) is 11.6 Å². The summed E-state index contributed by atoms with van der Waals surface area (Å²) in [5, 5.41) is 3.41. The normalized spacial score (nSPS) is 11.7. The minimum Gasteiger partial charge on any atom is -0.481 e. The van der Waals surface area contributed by atoms with Crippen molar-refractivity contribution in [3.05, 3.63) is 58.6 Å². The van der Waals surface area contributed by atoms with E-state index < -0.39 is 6.10 Å². The predicted molar refractivity (Wildman–Crippen MR) is 91.4 cm³/mol. The number of hydrogen-bond acceptors (Lipinski definition) is 3. The van der Waals surface area contributed by atoms with Crippen molar-refractivity contribution < 1.29 is 14.3 Å². The van der Waals surface area contributed by atoms with E-state index in [0.717, 1.165) is 5.56 Å². The largest absolute Gasteiger partial charge is 0.481 e. The van der Waals surface area contributed by atoms with Crippen LogP contribution in [0.1, 0.15) is 29.8 Å². The van der Waals surface area contributed by atoms with Gasteiger partial charge in [-0.2, -0.15) is 0 Å². The Morgan fingerprint density at radius 3 is 2.35 bits per heavy atom. The molecular weight excluding hydrogens is 314 g/mol. The van der Waals surface area contributed by atoms with Gasteiger partial charge in [0.15, 0.2) is 11.9 Å². The Morgan fingerprint density at radius 1 is 1.13 bits per heavy atom. The first-order valence-electron chi connectivity index (χ1n) is 7.21. The minimum absolute atomic E-state index is 0.0160. The third kappa shape index (κ3) is 4.57. The van der Waals surface area contributed by atoms with Crippen LogP contribution in [0.2, 0.25) is 5.02 Å². The van der Waals surface area contributed by atoms with Gasteiger partial charge in [-0.3, -0.25) is 9.59 Å². The number of aryl methyl sites for hydroxylation is 1. The summed E-state index contributed by atoms with van der Waals surface area (Å²) in [4.78, 5) is 23.4. The van der Waals surface area contributed by atoms with Crippen molar-refractivity contribution in [2.24, 2.45) is 0 Å². The van der Waals surface area contributed by atoms with Gasteiger partial charge in [0.25, 0.3) is 5.91 Å². The molecule has 0 saturated carbocycles. The second-order valence-corrected chi connectivity index (χ2v) is 5.70. The maximum Gasteiger partial charge on any atom is 0.265 e. The molecule has 0 bridgehead atoms. The third-order valence-electron chi connectivity index (χ3n) is 3.37. The summed E-state index contributed by atoms with van der Waals surface area (Å²) in [7, 11) is 0. The standard InChI is InChI=1S/C18H18ClNO3/c1-11-10-16(8-9-17(11)19)23-13(3)18(22)20-15-6-4-14(5-7-15)12(2)21/h4-10,13H,1-3H3,(H,20,22)/t13-/m0/s1. The molecule has 0 aliphatic carbocycles. The van der Waals surface area contributed by atoms with Crippen LogP contribution >= 0.6 is 11.6 Å². The maximum absolute atomic E-state index is 12.2. The topological polar surface area (TPSA) is 55.4 Å². The lowest BCUT2D eigenvalue weighted by atomic mass is 10.1. The van der Waals surface area contributed by atoms with Crippen molar-refractivity contribution in [3.63, 3.8) is 0 Å². The van der Waals surface area contributed by atoms with E-state index in [2.05, 4.69) is 5.32 Å². The van der Waals surface area contributed by atoms with Crippen molar-refractivity contribution in [2.45, 2.75) is 26.9 Å². The number of nitrogens with one attached hydrogen (secondary N) is 1. The average molecular weight is 332 g/mol. The number of hydrogen-bond donors (Lipinski definition) is 1. The summed E-state index contributed by atoms with van der Waals surface area (Å²) in [5.41, 5.74) is 2.10. The van der Waals surface area contributed by atoms with E-state index in [4.69, 9.17) is 16.3 Å². The van der Waals surface area contributed by atoms with Gasteiger partial charge in [-0.05, 0) is 68.8 Å². The molecular formula is C18H18ClNO3. The summed E-state index contributed by atoms with van der Waals surface area (Å²) >= 11 is 5.96. The summed E-state index contributed by atoms with van der Waals surface area (Å²) < 4.78 is 5.62. The van der Waals surface area contributed by atoms with E-state index >= 15 is 0 Å². The molecule has 0 fully saturated rings. The number of Topliss-reactive ketones (excluding diaryl/α,β-unsaturated/α-hetero) is 1. The van der Waals surface area contributed by atoms with Gasteiger partial charge in [0.2, 0.25) is 0 Å². The highest BCUT2D eigenvalue weighted by Crippen LogP contribution is 2.22. The molecule has 5 heteroatoms. The zero-order chi connectivity index (χ0) is 17.0. The third-order valence-corrected chi connectivity index (χ3v) is 3.79. The number of ether oxygens (including phenoxy) is 1. The number of amides is 1. The Hall–Kier alpha value is -2.33. The molecule has 2 aromatic rings. The van der Waals surface area contributed by atoms with Crippen molar-refractivity contribution in [3.8, 4) is 5.75 Å². The first-order valence-corrected chi connectivity index (χ1v) is 7.59. The van der Waals surface area contributed by atoms with Gasteiger partial charge < -0.3 is 10.1 Å². The zero-order valence-corrected chi connectivity index (χ0v) is 14.0. The Kier molecular flexibility index (Phi) is 5.40.